The molecule has 0 spiro atoms. The molecule has 1 unspecified atom stereocenters. The van der Waals surface area contributed by atoms with E-state index in [-0.39, 0.29) is 12.7 Å². The molecule has 3 heterocycles. The summed E-state index contributed by atoms with van der Waals surface area (Å²) in [5.74, 6) is 2.03. The van der Waals surface area contributed by atoms with Gasteiger partial charge in [-0.1, -0.05) is 12.1 Å². The third kappa shape index (κ3) is 5.70. The molecule has 0 amide bonds. The van der Waals surface area contributed by atoms with Crippen LogP contribution in [0.4, 0.5) is 28.8 Å². The normalized spacial score (nSPS) is 17.8. The van der Waals surface area contributed by atoms with E-state index in [0.717, 1.165) is 65.9 Å². The van der Waals surface area contributed by atoms with E-state index in [1.54, 1.807) is 6.20 Å². The molecule has 2 saturated heterocycles. The average molecular weight is 492 g/mol. The van der Waals surface area contributed by atoms with Crippen LogP contribution in [0.25, 0.3) is 0 Å². The average Bonchev–Trinajstić information content (AvgIpc) is 3.42. The molecule has 36 heavy (non-hydrogen) atoms. The third-order valence-corrected chi connectivity index (χ3v) is 6.52. The van der Waals surface area contributed by atoms with Gasteiger partial charge in [0.05, 0.1) is 33.0 Å². The molecular formula is C27H33N5O4. The van der Waals surface area contributed by atoms with Gasteiger partial charge in [-0.05, 0) is 36.2 Å². The Bertz CT molecular complexity index is 1180. The van der Waals surface area contributed by atoms with Gasteiger partial charge in [0.15, 0.2) is 0 Å². The highest BCUT2D eigenvalue weighted by atomic mass is 16.5. The van der Waals surface area contributed by atoms with Crippen molar-refractivity contribution in [2.75, 3.05) is 61.7 Å². The summed E-state index contributed by atoms with van der Waals surface area (Å²) >= 11 is 0. The first-order chi connectivity index (χ1) is 17.6. The van der Waals surface area contributed by atoms with Gasteiger partial charge in [-0.15, -0.1) is 0 Å². The molecule has 0 aliphatic carbocycles. The molecule has 2 aliphatic heterocycles. The molecule has 3 aromatic rings. The van der Waals surface area contributed by atoms with Gasteiger partial charge >= 0.3 is 0 Å². The number of nitrogens with one attached hydrogen (secondary N) is 1. The van der Waals surface area contributed by atoms with Crippen LogP contribution in [0, 0.1) is 6.92 Å². The van der Waals surface area contributed by atoms with Gasteiger partial charge in [-0.2, -0.15) is 4.98 Å². The Kier molecular flexibility index (Phi) is 7.50. The number of hydrogen-bond donors (Lipinski definition) is 2. The number of aliphatic hydroxyl groups excluding tert-OH is 1. The number of nitrogens with zero attached hydrogens (tertiary/aromatic N) is 4. The highest BCUT2D eigenvalue weighted by Crippen LogP contribution is 2.32. The topological polar surface area (TPSA) is 92.2 Å². The molecule has 2 aromatic carbocycles. The van der Waals surface area contributed by atoms with E-state index < -0.39 is 0 Å². The van der Waals surface area contributed by atoms with E-state index in [2.05, 4.69) is 27.3 Å². The Morgan fingerprint density at radius 2 is 1.97 bits per heavy atom. The van der Waals surface area contributed by atoms with E-state index in [9.17, 15) is 5.11 Å². The second-order valence-corrected chi connectivity index (χ2v) is 9.12. The van der Waals surface area contributed by atoms with Gasteiger partial charge in [-0.3, -0.25) is 0 Å². The zero-order chi connectivity index (χ0) is 24.9. The van der Waals surface area contributed by atoms with E-state index in [4.69, 9.17) is 19.2 Å². The Hall–Kier alpha value is -3.40. The summed E-state index contributed by atoms with van der Waals surface area (Å²) in [5.41, 5.74) is 4.86. The second-order valence-electron chi connectivity index (χ2n) is 9.12. The minimum Gasteiger partial charge on any atom is -0.488 e. The van der Waals surface area contributed by atoms with E-state index >= 15 is 0 Å². The number of benzene rings is 2. The molecule has 2 N–H and O–H groups in total. The van der Waals surface area contributed by atoms with Crippen LogP contribution >= 0.6 is 0 Å². The highest BCUT2D eigenvalue weighted by Gasteiger charge is 2.20. The maximum absolute atomic E-state index is 9.56. The summed E-state index contributed by atoms with van der Waals surface area (Å²) < 4.78 is 17.3. The SMILES string of the molecule is Cc1ccc(CO)cc1N(C)c1ccnc(Nc2cc(OC3CCOC3)cc(N3CCOCC3)c2)n1. The predicted molar refractivity (Wildman–Crippen MR) is 140 cm³/mol. The molecule has 5 rings (SSSR count). The summed E-state index contributed by atoms with van der Waals surface area (Å²) in [5, 5.41) is 12.9. The van der Waals surface area contributed by atoms with Gasteiger partial charge in [0.2, 0.25) is 5.95 Å². The minimum atomic E-state index is -0.00539. The number of aryl methyl sites for hydroxylation is 1. The molecule has 0 saturated carbocycles. The molecule has 1 atom stereocenters. The summed E-state index contributed by atoms with van der Waals surface area (Å²) in [4.78, 5) is 13.5. The van der Waals surface area contributed by atoms with Gasteiger partial charge in [0, 0.05) is 61.9 Å². The van der Waals surface area contributed by atoms with Crippen LogP contribution < -0.4 is 19.9 Å². The van der Waals surface area contributed by atoms with Crippen LogP contribution in [-0.4, -0.2) is 67.7 Å². The van der Waals surface area contributed by atoms with Crippen molar-refractivity contribution < 1.29 is 19.3 Å². The maximum atomic E-state index is 9.56. The molecule has 0 bridgehead atoms. The number of anilines is 5. The van der Waals surface area contributed by atoms with Crippen molar-refractivity contribution >= 4 is 28.8 Å². The smallest absolute Gasteiger partial charge is 0.229 e. The summed E-state index contributed by atoms with van der Waals surface area (Å²) in [6.07, 6.45) is 2.69. The maximum Gasteiger partial charge on any atom is 0.229 e. The number of aliphatic hydroxyl groups is 1. The summed E-state index contributed by atoms with van der Waals surface area (Å²) in [7, 11) is 1.96. The Morgan fingerprint density at radius 1 is 1.11 bits per heavy atom. The van der Waals surface area contributed by atoms with Crippen LogP contribution in [0.5, 0.6) is 5.75 Å². The molecule has 190 valence electrons. The molecule has 2 fully saturated rings. The van der Waals surface area contributed by atoms with Crippen LogP contribution in [0.2, 0.25) is 0 Å². The first-order valence-corrected chi connectivity index (χ1v) is 12.4. The quantitative estimate of drug-likeness (QED) is 0.488. The zero-order valence-electron chi connectivity index (χ0n) is 20.8. The number of rotatable bonds is 8. The fourth-order valence-electron chi connectivity index (χ4n) is 4.49. The number of morpholine rings is 1. The van der Waals surface area contributed by atoms with Crippen LogP contribution in [0.3, 0.4) is 0 Å². The lowest BCUT2D eigenvalue weighted by Crippen LogP contribution is -2.36. The highest BCUT2D eigenvalue weighted by molar-refractivity contribution is 5.68. The third-order valence-electron chi connectivity index (χ3n) is 6.52. The fraction of sp³-hybridized carbons (Fsp3) is 0.407. The molecule has 9 nitrogen and oxygen atoms in total. The Labute approximate surface area is 211 Å². The summed E-state index contributed by atoms with van der Waals surface area (Å²) in [6, 6.07) is 13.9. The lowest BCUT2D eigenvalue weighted by atomic mass is 10.1. The van der Waals surface area contributed by atoms with Crippen LogP contribution in [-0.2, 0) is 16.1 Å². The molecule has 2 aliphatic rings. The number of aromatic nitrogens is 2. The zero-order valence-corrected chi connectivity index (χ0v) is 20.8. The number of ether oxygens (including phenoxy) is 3. The van der Waals surface area contributed by atoms with Crippen molar-refractivity contribution in [2.45, 2.75) is 26.1 Å². The number of hydrogen-bond acceptors (Lipinski definition) is 9. The van der Waals surface area contributed by atoms with E-state index in [1.165, 1.54) is 0 Å². The summed E-state index contributed by atoms with van der Waals surface area (Å²) in [6.45, 7) is 6.46. The first kappa shape index (κ1) is 24.3. The lowest BCUT2D eigenvalue weighted by Gasteiger charge is -2.29. The van der Waals surface area contributed by atoms with Crippen molar-refractivity contribution in [3.63, 3.8) is 0 Å². The lowest BCUT2D eigenvalue weighted by molar-refractivity contribution is 0.122. The van der Waals surface area contributed by atoms with Crippen LogP contribution in [0.1, 0.15) is 17.5 Å². The standard InChI is InChI=1S/C27H33N5O4/c1-19-3-4-20(17-33)13-25(19)31(2)26-5-7-28-27(30-26)29-21-14-22(32-8-11-34-12-9-32)16-24(15-21)36-23-6-10-35-18-23/h3-5,7,13-16,23,33H,6,8-12,17-18H2,1-2H3,(H,28,29,30). The van der Waals surface area contributed by atoms with Crippen molar-refractivity contribution in [2.24, 2.45) is 0 Å². The van der Waals surface area contributed by atoms with Gasteiger partial charge in [0.1, 0.15) is 17.7 Å². The second kappa shape index (κ2) is 11.1. The van der Waals surface area contributed by atoms with Crippen molar-refractivity contribution in [1.82, 2.24) is 9.97 Å². The van der Waals surface area contributed by atoms with Crippen LogP contribution in [0.15, 0.2) is 48.7 Å². The monoisotopic (exact) mass is 491 g/mol. The van der Waals surface area contributed by atoms with E-state index in [1.807, 2.05) is 49.2 Å². The van der Waals surface area contributed by atoms with E-state index in [0.29, 0.717) is 25.8 Å². The Morgan fingerprint density at radius 3 is 2.75 bits per heavy atom. The molecule has 9 heteroatoms. The molecular weight excluding hydrogens is 458 g/mol. The van der Waals surface area contributed by atoms with Gasteiger partial charge in [-0.25, -0.2) is 4.98 Å². The van der Waals surface area contributed by atoms with Gasteiger partial charge < -0.3 is 34.4 Å². The largest absolute Gasteiger partial charge is 0.488 e. The molecule has 0 radical (unpaired) electrons. The molecule has 1 aromatic heterocycles. The first-order valence-electron chi connectivity index (χ1n) is 12.4. The van der Waals surface area contributed by atoms with Crippen molar-refractivity contribution in [3.05, 3.63) is 59.8 Å². The Balaban J connectivity index is 1.40. The fourth-order valence-corrected chi connectivity index (χ4v) is 4.49. The van der Waals surface area contributed by atoms with Crippen molar-refractivity contribution in [1.29, 1.82) is 0 Å². The van der Waals surface area contributed by atoms with Crippen molar-refractivity contribution in [3.8, 4) is 5.75 Å². The minimum absolute atomic E-state index is 0.00539. The van der Waals surface area contributed by atoms with Gasteiger partial charge in [0.25, 0.3) is 0 Å². The predicted octanol–water partition coefficient (Wildman–Crippen LogP) is 3.79.